The van der Waals surface area contributed by atoms with Crippen LogP contribution in [0, 0.1) is 0 Å². The molecule has 1 saturated carbocycles. The van der Waals surface area contributed by atoms with E-state index in [0.717, 1.165) is 79.8 Å². The van der Waals surface area contributed by atoms with E-state index in [9.17, 15) is 9.59 Å². The van der Waals surface area contributed by atoms with Gasteiger partial charge in [-0.25, -0.2) is 9.78 Å². The third kappa shape index (κ3) is 3.24. The number of likely N-dealkylation sites (tertiary alicyclic amines) is 1. The summed E-state index contributed by atoms with van der Waals surface area (Å²) in [6.45, 7) is 3.48. The molecular weight excluding hydrogens is 364 g/mol. The number of rotatable bonds is 3. The summed E-state index contributed by atoms with van der Waals surface area (Å²) in [6, 6.07) is 7.92. The molecule has 1 aliphatic heterocycles. The van der Waals surface area contributed by atoms with Crippen LogP contribution >= 0.6 is 0 Å². The van der Waals surface area contributed by atoms with E-state index >= 15 is 0 Å². The highest BCUT2D eigenvalue weighted by molar-refractivity contribution is 5.90. The number of hydrogen-bond donors (Lipinski definition) is 2. The highest BCUT2D eigenvalue weighted by atomic mass is 16.2. The lowest BCUT2D eigenvalue weighted by atomic mass is 9.77. The number of urea groups is 1. The number of para-hydroxylation sites is 1. The molecule has 1 aromatic carbocycles. The Kier molecular flexibility index (Phi) is 4.45. The number of aryl methyl sites for hydroxylation is 1. The lowest BCUT2D eigenvalue weighted by Crippen LogP contribution is -2.49. The first-order valence-electron chi connectivity index (χ1n) is 10.9. The second kappa shape index (κ2) is 7.01. The van der Waals surface area contributed by atoms with E-state index in [1.54, 1.807) is 0 Å². The van der Waals surface area contributed by atoms with Crippen molar-refractivity contribution in [2.24, 2.45) is 0 Å². The van der Waals surface area contributed by atoms with E-state index in [0.29, 0.717) is 12.5 Å². The second-order valence-electron chi connectivity index (χ2n) is 8.80. The molecular formula is C23H28N4O2. The normalized spacial score (nSPS) is 23.3. The van der Waals surface area contributed by atoms with E-state index in [2.05, 4.69) is 23.3 Å². The van der Waals surface area contributed by atoms with Crippen LogP contribution in [0.25, 0.3) is 0 Å². The van der Waals surface area contributed by atoms with Gasteiger partial charge in [-0.15, -0.1) is 0 Å². The van der Waals surface area contributed by atoms with Gasteiger partial charge >= 0.3 is 6.03 Å². The lowest BCUT2D eigenvalue weighted by molar-refractivity contribution is 0.157. The minimum absolute atomic E-state index is 0.0345. The lowest BCUT2D eigenvalue weighted by Gasteiger charge is -2.40. The van der Waals surface area contributed by atoms with Gasteiger partial charge in [-0.2, -0.15) is 0 Å². The summed E-state index contributed by atoms with van der Waals surface area (Å²) in [5.41, 5.74) is 3.69. The van der Waals surface area contributed by atoms with Crippen LogP contribution < -0.4 is 10.9 Å². The molecule has 2 aromatic rings. The quantitative estimate of drug-likeness (QED) is 0.836. The molecule has 0 radical (unpaired) electrons. The maximum atomic E-state index is 13.1. The number of aromatic nitrogens is 2. The Morgan fingerprint density at radius 1 is 1.31 bits per heavy atom. The number of amides is 2. The van der Waals surface area contributed by atoms with E-state index in [1.807, 2.05) is 23.1 Å². The van der Waals surface area contributed by atoms with Crippen LogP contribution in [0.4, 0.5) is 10.5 Å². The maximum Gasteiger partial charge on any atom is 0.321 e. The van der Waals surface area contributed by atoms with E-state index in [-0.39, 0.29) is 17.0 Å². The number of carbonyl (C=O) groups excluding carboxylic acids is 1. The molecule has 2 aliphatic carbocycles. The first kappa shape index (κ1) is 18.4. The first-order valence-corrected chi connectivity index (χ1v) is 10.9. The molecule has 1 aromatic heterocycles. The molecule has 0 bridgehead atoms. The minimum Gasteiger partial charge on any atom is -0.324 e. The van der Waals surface area contributed by atoms with Gasteiger partial charge in [0.2, 0.25) is 0 Å². The summed E-state index contributed by atoms with van der Waals surface area (Å²) in [6.07, 6.45) is 6.70. The van der Waals surface area contributed by atoms with Crippen molar-refractivity contribution in [1.82, 2.24) is 14.9 Å². The Morgan fingerprint density at radius 3 is 2.93 bits per heavy atom. The molecule has 1 atom stereocenters. The van der Waals surface area contributed by atoms with Crippen LogP contribution in [0.5, 0.6) is 0 Å². The van der Waals surface area contributed by atoms with Crippen LogP contribution in [0.1, 0.15) is 67.6 Å². The van der Waals surface area contributed by atoms with Crippen molar-refractivity contribution in [3.63, 3.8) is 0 Å². The summed E-state index contributed by atoms with van der Waals surface area (Å²) in [4.78, 5) is 35.6. The fourth-order valence-electron chi connectivity index (χ4n) is 5.07. The van der Waals surface area contributed by atoms with E-state index in [4.69, 9.17) is 4.98 Å². The molecule has 1 spiro atoms. The number of piperidine rings is 1. The van der Waals surface area contributed by atoms with Gasteiger partial charge in [-0.1, -0.05) is 25.1 Å². The van der Waals surface area contributed by atoms with Gasteiger partial charge in [-0.3, -0.25) is 4.79 Å². The molecule has 2 amide bonds. The average Bonchev–Trinajstić information content (AvgIpc) is 3.53. The molecule has 1 unspecified atom stereocenters. The van der Waals surface area contributed by atoms with Gasteiger partial charge in [-0.05, 0) is 56.6 Å². The highest BCUT2D eigenvalue weighted by Gasteiger charge is 2.46. The van der Waals surface area contributed by atoms with Crippen molar-refractivity contribution in [2.75, 3.05) is 18.4 Å². The first-order chi connectivity index (χ1) is 14.1. The van der Waals surface area contributed by atoms with E-state index in [1.165, 1.54) is 0 Å². The Bertz CT molecular complexity index is 1010. The third-order valence-electron chi connectivity index (χ3n) is 6.86. The van der Waals surface area contributed by atoms with Crippen molar-refractivity contribution in [1.29, 1.82) is 0 Å². The van der Waals surface area contributed by atoms with Gasteiger partial charge in [0, 0.05) is 35.7 Å². The van der Waals surface area contributed by atoms with Gasteiger partial charge in [0.1, 0.15) is 5.82 Å². The predicted octanol–water partition coefficient (Wildman–Crippen LogP) is 3.72. The smallest absolute Gasteiger partial charge is 0.321 e. The second-order valence-corrected chi connectivity index (χ2v) is 8.80. The number of anilines is 1. The molecule has 1 saturated heterocycles. The summed E-state index contributed by atoms with van der Waals surface area (Å²) < 4.78 is 0. The largest absolute Gasteiger partial charge is 0.324 e. The SMILES string of the molecule is CCc1ccccc1NC(=O)N1CCCC2(CCc3c2nc(C2CC2)[nH]c3=O)C1. The topological polar surface area (TPSA) is 78.1 Å². The Hall–Kier alpha value is -2.63. The molecule has 3 aliphatic rings. The Morgan fingerprint density at radius 2 is 2.14 bits per heavy atom. The van der Waals surface area contributed by atoms with Crippen LogP contribution in [0.2, 0.25) is 0 Å². The zero-order valence-corrected chi connectivity index (χ0v) is 17.0. The van der Waals surface area contributed by atoms with Gasteiger partial charge in [0.15, 0.2) is 0 Å². The molecule has 6 nitrogen and oxygen atoms in total. The van der Waals surface area contributed by atoms with Crippen molar-refractivity contribution >= 4 is 11.7 Å². The number of benzene rings is 1. The highest BCUT2D eigenvalue weighted by Crippen LogP contribution is 2.45. The Labute approximate surface area is 170 Å². The summed E-state index contributed by atoms with van der Waals surface area (Å²) >= 11 is 0. The van der Waals surface area contributed by atoms with Crippen LogP contribution in [0.3, 0.4) is 0 Å². The minimum atomic E-state index is -0.174. The average molecular weight is 393 g/mol. The van der Waals surface area contributed by atoms with Gasteiger partial charge < -0.3 is 15.2 Å². The number of nitrogens with zero attached hydrogens (tertiary/aromatic N) is 2. The maximum absolute atomic E-state index is 13.1. The summed E-state index contributed by atoms with van der Waals surface area (Å²) in [7, 11) is 0. The van der Waals surface area contributed by atoms with Gasteiger partial charge in [0.25, 0.3) is 5.56 Å². The van der Waals surface area contributed by atoms with E-state index < -0.39 is 0 Å². The fourth-order valence-corrected chi connectivity index (χ4v) is 5.07. The zero-order chi connectivity index (χ0) is 20.0. The van der Waals surface area contributed by atoms with Crippen LogP contribution in [0.15, 0.2) is 29.1 Å². The molecule has 152 valence electrons. The number of nitrogens with one attached hydrogen (secondary N) is 2. The predicted molar refractivity (Wildman–Crippen MR) is 112 cm³/mol. The van der Waals surface area contributed by atoms with Gasteiger partial charge in [0.05, 0.1) is 5.69 Å². The van der Waals surface area contributed by atoms with Crippen molar-refractivity contribution in [3.8, 4) is 0 Å². The Balaban J connectivity index is 1.40. The molecule has 2 heterocycles. The molecule has 6 heteroatoms. The number of fused-ring (bicyclic) bond motifs is 2. The number of H-pyrrole nitrogens is 1. The number of carbonyl (C=O) groups is 1. The van der Waals surface area contributed by atoms with Crippen molar-refractivity contribution in [3.05, 3.63) is 57.3 Å². The standard InChI is InChI=1S/C23H28N4O2/c1-2-15-6-3-4-7-18(15)24-22(29)27-13-5-11-23(14-27)12-10-17-19(23)25-20(16-8-9-16)26-21(17)28/h3-4,6-7,16H,2,5,8-14H2,1H3,(H,24,29)(H,25,26,28). The summed E-state index contributed by atoms with van der Waals surface area (Å²) in [5.74, 6) is 1.27. The van der Waals surface area contributed by atoms with Crippen LogP contribution in [-0.2, 0) is 18.3 Å². The third-order valence-corrected chi connectivity index (χ3v) is 6.86. The fraction of sp³-hybridized carbons (Fsp3) is 0.522. The molecule has 2 fully saturated rings. The molecule has 2 N–H and O–H groups in total. The molecule has 5 rings (SSSR count). The van der Waals surface area contributed by atoms with Crippen LogP contribution in [-0.4, -0.2) is 34.0 Å². The van der Waals surface area contributed by atoms with Crippen molar-refractivity contribution in [2.45, 2.75) is 63.2 Å². The molecule has 29 heavy (non-hydrogen) atoms. The summed E-state index contributed by atoms with van der Waals surface area (Å²) in [5, 5.41) is 3.11. The monoisotopic (exact) mass is 392 g/mol. The zero-order valence-electron chi connectivity index (χ0n) is 17.0. The van der Waals surface area contributed by atoms with Crippen molar-refractivity contribution < 1.29 is 4.79 Å². The number of hydrogen-bond acceptors (Lipinski definition) is 3. The number of aromatic amines is 1.